The van der Waals surface area contributed by atoms with Gasteiger partial charge in [0.25, 0.3) is 0 Å². The van der Waals surface area contributed by atoms with E-state index in [2.05, 4.69) is 43.5 Å². The number of hydrogen-bond acceptors (Lipinski definition) is 2. The molecule has 2 heterocycles. The van der Waals surface area contributed by atoms with E-state index in [0.29, 0.717) is 0 Å². The van der Waals surface area contributed by atoms with Gasteiger partial charge in [-0.3, -0.25) is 4.40 Å². The van der Waals surface area contributed by atoms with Crippen molar-refractivity contribution in [3.05, 3.63) is 45.6 Å². The fraction of sp³-hybridized carbons (Fsp3) is 0.353. The molecule has 1 aliphatic rings. The molecule has 2 nitrogen and oxygen atoms in total. The summed E-state index contributed by atoms with van der Waals surface area (Å²) in [5, 5.41) is 0. The molecule has 0 aliphatic heterocycles. The molecule has 0 bridgehead atoms. The van der Waals surface area contributed by atoms with E-state index < -0.39 is 0 Å². The molecule has 0 spiro atoms. The Labute approximate surface area is 123 Å². The van der Waals surface area contributed by atoms with Crippen molar-refractivity contribution in [3.8, 4) is 11.3 Å². The summed E-state index contributed by atoms with van der Waals surface area (Å²) in [5.41, 5.74) is 7.89. The smallest absolute Gasteiger partial charge is 0.194 e. The van der Waals surface area contributed by atoms with Crippen LogP contribution in [0.25, 0.3) is 16.2 Å². The molecule has 0 saturated carbocycles. The van der Waals surface area contributed by atoms with E-state index in [1.54, 1.807) is 0 Å². The van der Waals surface area contributed by atoms with Crippen molar-refractivity contribution in [2.45, 2.75) is 40.0 Å². The number of nitrogens with zero attached hydrogens (tertiary/aromatic N) is 2. The molecule has 0 radical (unpaired) electrons. The lowest BCUT2D eigenvalue weighted by Gasteiger charge is -2.07. The van der Waals surface area contributed by atoms with Crippen LogP contribution in [0.3, 0.4) is 0 Å². The third-order valence-electron chi connectivity index (χ3n) is 4.43. The second kappa shape index (κ2) is 4.19. The lowest BCUT2D eigenvalue weighted by atomic mass is 9.99. The molecule has 102 valence electrons. The molecule has 1 aromatic carbocycles. The molecule has 0 N–H and O–H groups in total. The molecular formula is C17H18N2S. The zero-order chi connectivity index (χ0) is 13.9. The van der Waals surface area contributed by atoms with Crippen LogP contribution in [0.4, 0.5) is 0 Å². The second-order valence-electron chi connectivity index (χ2n) is 5.86. The second-order valence-corrected chi connectivity index (χ2v) is 6.92. The summed E-state index contributed by atoms with van der Waals surface area (Å²) in [6.45, 7) is 6.53. The number of hydrogen-bond donors (Lipinski definition) is 0. The number of benzene rings is 1. The van der Waals surface area contributed by atoms with Gasteiger partial charge in [0.1, 0.15) is 0 Å². The Balaban J connectivity index is 1.90. The SMILES string of the molecule is Cc1cc(C)c(-c2cn3c4c(sc3n2)CCC4)cc1C. The van der Waals surface area contributed by atoms with E-state index >= 15 is 0 Å². The maximum atomic E-state index is 4.86. The van der Waals surface area contributed by atoms with Crippen LogP contribution in [0, 0.1) is 20.8 Å². The third-order valence-corrected chi connectivity index (χ3v) is 5.59. The van der Waals surface area contributed by atoms with Crippen LogP contribution in [0.2, 0.25) is 0 Å². The molecular weight excluding hydrogens is 264 g/mol. The Morgan fingerprint density at radius 1 is 1.05 bits per heavy atom. The van der Waals surface area contributed by atoms with Crippen molar-refractivity contribution in [1.29, 1.82) is 0 Å². The van der Waals surface area contributed by atoms with Gasteiger partial charge in [-0.1, -0.05) is 6.07 Å². The summed E-state index contributed by atoms with van der Waals surface area (Å²) in [4.78, 5) is 7.55. The van der Waals surface area contributed by atoms with Crippen molar-refractivity contribution in [3.63, 3.8) is 0 Å². The van der Waals surface area contributed by atoms with Crippen LogP contribution in [0.15, 0.2) is 18.3 Å². The number of thiazole rings is 1. The quantitative estimate of drug-likeness (QED) is 0.643. The van der Waals surface area contributed by atoms with Crippen LogP contribution in [-0.2, 0) is 12.8 Å². The largest absolute Gasteiger partial charge is 0.294 e. The molecule has 0 atom stereocenters. The highest BCUT2D eigenvalue weighted by molar-refractivity contribution is 7.17. The zero-order valence-corrected chi connectivity index (χ0v) is 13.0. The van der Waals surface area contributed by atoms with Crippen molar-refractivity contribution in [1.82, 2.24) is 9.38 Å². The van der Waals surface area contributed by atoms with Crippen molar-refractivity contribution in [2.24, 2.45) is 0 Å². The highest BCUT2D eigenvalue weighted by atomic mass is 32.1. The lowest BCUT2D eigenvalue weighted by molar-refractivity contribution is 0.888. The molecule has 0 fully saturated rings. The standard InChI is InChI=1S/C17H18N2S/c1-10-7-12(3)13(8-11(10)2)14-9-19-15-5-4-6-16(15)20-17(19)18-14/h7-9H,4-6H2,1-3H3. The summed E-state index contributed by atoms with van der Waals surface area (Å²) in [5.74, 6) is 0. The van der Waals surface area contributed by atoms with Crippen LogP contribution < -0.4 is 0 Å². The fourth-order valence-electron chi connectivity index (χ4n) is 3.17. The van der Waals surface area contributed by atoms with E-state index in [0.717, 1.165) is 10.7 Å². The predicted molar refractivity (Wildman–Crippen MR) is 84.7 cm³/mol. The first-order valence-electron chi connectivity index (χ1n) is 7.21. The Kier molecular flexibility index (Phi) is 2.55. The number of aromatic nitrogens is 2. The first kappa shape index (κ1) is 12.2. The minimum absolute atomic E-state index is 1.12. The van der Waals surface area contributed by atoms with Crippen molar-refractivity contribution in [2.75, 3.05) is 0 Å². The van der Waals surface area contributed by atoms with Gasteiger partial charge < -0.3 is 0 Å². The van der Waals surface area contributed by atoms with E-state index in [4.69, 9.17) is 4.98 Å². The normalized spacial score (nSPS) is 14.2. The third kappa shape index (κ3) is 1.66. The highest BCUT2D eigenvalue weighted by Crippen LogP contribution is 2.34. The predicted octanol–water partition coefficient (Wildman–Crippen LogP) is 4.48. The molecule has 3 heteroatoms. The summed E-state index contributed by atoms with van der Waals surface area (Å²) >= 11 is 1.87. The first-order valence-corrected chi connectivity index (χ1v) is 8.03. The average Bonchev–Trinajstić information content (AvgIpc) is 3.04. The average molecular weight is 282 g/mol. The van der Waals surface area contributed by atoms with Crippen molar-refractivity contribution >= 4 is 16.3 Å². The first-order chi connectivity index (χ1) is 9.63. The number of rotatable bonds is 1. The fourth-order valence-corrected chi connectivity index (χ4v) is 4.36. The molecule has 4 rings (SSSR count). The maximum Gasteiger partial charge on any atom is 0.194 e. The number of aryl methyl sites for hydroxylation is 5. The highest BCUT2D eigenvalue weighted by Gasteiger charge is 2.20. The van der Waals surface area contributed by atoms with E-state index in [1.165, 1.54) is 52.1 Å². The molecule has 0 amide bonds. The van der Waals surface area contributed by atoms with Gasteiger partial charge in [0, 0.05) is 22.3 Å². The van der Waals surface area contributed by atoms with E-state index in [-0.39, 0.29) is 0 Å². The minimum atomic E-state index is 1.12. The monoisotopic (exact) mass is 282 g/mol. The van der Waals surface area contributed by atoms with E-state index in [1.807, 2.05) is 11.3 Å². The summed E-state index contributed by atoms with van der Waals surface area (Å²) < 4.78 is 2.32. The van der Waals surface area contributed by atoms with Gasteiger partial charge in [-0.15, -0.1) is 11.3 Å². The lowest BCUT2D eigenvalue weighted by Crippen LogP contribution is -1.89. The Bertz CT molecular complexity index is 823. The Hall–Kier alpha value is -1.61. The van der Waals surface area contributed by atoms with Gasteiger partial charge in [0.05, 0.1) is 5.69 Å². The minimum Gasteiger partial charge on any atom is -0.294 e. The number of imidazole rings is 1. The van der Waals surface area contributed by atoms with Gasteiger partial charge in [0.2, 0.25) is 0 Å². The summed E-state index contributed by atoms with van der Waals surface area (Å²) in [7, 11) is 0. The summed E-state index contributed by atoms with van der Waals surface area (Å²) in [6, 6.07) is 4.54. The van der Waals surface area contributed by atoms with Gasteiger partial charge >= 0.3 is 0 Å². The zero-order valence-electron chi connectivity index (χ0n) is 12.2. The molecule has 2 aromatic heterocycles. The van der Waals surface area contributed by atoms with Crippen LogP contribution in [0.1, 0.15) is 33.7 Å². The van der Waals surface area contributed by atoms with Crippen LogP contribution in [0.5, 0.6) is 0 Å². The van der Waals surface area contributed by atoms with Crippen LogP contribution in [-0.4, -0.2) is 9.38 Å². The molecule has 3 aromatic rings. The van der Waals surface area contributed by atoms with Crippen LogP contribution >= 0.6 is 11.3 Å². The number of fused-ring (bicyclic) bond motifs is 3. The van der Waals surface area contributed by atoms with Gasteiger partial charge in [-0.05, 0) is 62.8 Å². The molecule has 0 saturated heterocycles. The molecule has 20 heavy (non-hydrogen) atoms. The molecule has 0 unspecified atom stereocenters. The molecule has 1 aliphatic carbocycles. The van der Waals surface area contributed by atoms with E-state index in [9.17, 15) is 0 Å². The maximum absolute atomic E-state index is 4.86. The Morgan fingerprint density at radius 2 is 1.85 bits per heavy atom. The van der Waals surface area contributed by atoms with Gasteiger partial charge in [-0.25, -0.2) is 4.98 Å². The summed E-state index contributed by atoms with van der Waals surface area (Å²) in [6.07, 6.45) is 5.97. The van der Waals surface area contributed by atoms with Gasteiger partial charge in [-0.2, -0.15) is 0 Å². The van der Waals surface area contributed by atoms with Crippen molar-refractivity contribution < 1.29 is 0 Å². The van der Waals surface area contributed by atoms with Gasteiger partial charge in [0.15, 0.2) is 4.96 Å². The Morgan fingerprint density at radius 3 is 2.70 bits per heavy atom. The topological polar surface area (TPSA) is 17.3 Å².